The van der Waals surface area contributed by atoms with Gasteiger partial charge >= 0.3 is 0 Å². The molecule has 0 amide bonds. The highest BCUT2D eigenvalue weighted by Crippen LogP contribution is 2.18. The number of rotatable bonds is 4. The Bertz CT molecular complexity index is 637. The van der Waals surface area contributed by atoms with Gasteiger partial charge < -0.3 is 10.2 Å². The van der Waals surface area contributed by atoms with E-state index in [2.05, 4.69) is 25.6 Å². The van der Waals surface area contributed by atoms with E-state index in [-0.39, 0.29) is 17.5 Å². The lowest BCUT2D eigenvalue weighted by Gasteiger charge is -2.04. The van der Waals surface area contributed by atoms with Crippen molar-refractivity contribution in [1.82, 2.24) is 4.98 Å². The van der Waals surface area contributed by atoms with Crippen LogP contribution in [0.1, 0.15) is 5.76 Å². The minimum Gasteiger partial charge on any atom is -0.446 e. The summed E-state index contributed by atoms with van der Waals surface area (Å²) in [4.78, 5) is 3.91. The molecule has 0 aromatic carbocycles. The average Bonchev–Trinajstić information content (AvgIpc) is 2.81. The second kappa shape index (κ2) is 5.09. The number of hydrogen-bond acceptors (Lipinski definition) is 5. The van der Waals surface area contributed by atoms with Crippen LogP contribution in [-0.4, -0.2) is 13.4 Å². The van der Waals surface area contributed by atoms with Crippen LogP contribution in [0.2, 0.25) is 0 Å². The van der Waals surface area contributed by atoms with Gasteiger partial charge in [0, 0.05) is 10.7 Å². The van der Waals surface area contributed by atoms with Crippen LogP contribution < -0.4 is 10.5 Å². The van der Waals surface area contributed by atoms with Crippen LogP contribution in [0.15, 0.2) is 44.4 Å². The molecule has 0 aliphatic rings. The average molecular weight is 332 g/mol. The number of nitrogens with two attached hydrogens (primary N) is 1. The lowest BCUT2D eigenvalue weighted by atomic mass is 10.5. The van der Waals surface area contributed by atoms with E-state index in [1.807, 2.05) is 0 Å². The van der Waals surface area contributed by atoms with E-state index >= 15 is 0 Å². The largest absolute Gasteiger partial charge is 0.446 e. The summed E-state index contributed by atoms with van der Waals surface area (Å²) < 4.78 is 32.0. The summed E-state index contributed by atoms with van der Waals surface area (Å²) in [6.45, 7) is 0.145. The van der Waals surface area contributed by atoms with Crippen LogP contribution in [0.5, 0.6) is 0 Å². The number of pyridine rings is 1. The van der Waals surface area contributed by atoms with Crippen LogP contribution in [0, 0.1) is 0 Å². The van der Waals surface area contributed by atoms with Crippen molar-refractivity contribution < 1.29 is 12.8 Å². The molecular weight excluding hydrogens is 322 g/mol. The molecule has 8 heteroatoms. The molecule has 0 saturated heterocycles. The summed E-state index contributed by atoms with van der Waals surface area (Å²) in [5.74, 6) is 0.614. The molecule has 2 aromatic rings. The molecule has 0 saturated carbocycles. The fourth-order valence-electron chi connectivity index (χ4n) is 1.24. The van der Waals surface area contributed by atoms with Crippen molar-refractivity contribution in [2.24, 2.45) is 5.73 Å². The summed E-state index contributed by atoms with van der Waals surface area (Å²) >= 11 is 3.21. The molecule has 0 unspecified atom stereocenters. The summed E-state index contributed by atoms with van der Waals surface area (Å²) in [5, 5.41) is -0.187. The van der Waals surface area contributed by atoms with Gasteiger partial charge in [-0.3, -0.25) is 4.72 Å². The van der Waals surface area contributed by atoms with Crippen LogP contribution in [0.4, 0.5) is 5.82 Å². The molecule has 0 radical (unpaired) electrons. The first-order valence-electron chi connectivity index (χ1n) is 4.94. The summed E-state index contributed by atoms with van der Waals surface area (Å²) in [5.41, 5.74) is 5.35. The van der Waals surface area contributed by atoms with Crippen molar-refractivity contribution in [3.05, 3.63) is 40.7 Å². The van der Waals surface area contributed by atoms with E-state index in [1.54, 1.807) is 6.07 Å². The number of halogens is 1. The van der Waals surface area contributed by atoms with Gasteiger partial charge in [-0.25, -0.2) is 4.98 Å². The fourth-order valence-corrected chi connectivity index (χ4v) is 2.43. The molecular formula is C10H10BrN3O3S. The van der Waals surface area contributed by atoms with Gasteiger partial charge in [0.15, 0.2) is 0 Å². The fraction of sp³-hybridized carbons (Fsp3) is 0.100. The number of hydrogen-bond donors (Lipinski definition) is 2. The van der Waals surface area contributed by atoms with Crippen molar-refractivity contribution in [3.8, 4) is 0 Å². The van der Waals surface area contributed by atoms with E-state index < -0.39 is 10.0 Å². The van der Waals surface area contributed by atoms with Gasteiger partial charge in [0.1, 0.15) is 11.6 Å². The zero-order chi connectivity index (χ0) is 13.2. The predicted octanol–water partition coefficient (Wildman–Crippen LogP) is 1.70. The molecule has 0 fully saturated rings. The number of aromatic nitrogens is 1. The van der Waals surface area contributed by atoms with Crippen molar-refractivity contribution in [1.29, 1.82) is 0 Å². The van der Waals surface area contributed by atoms with Crippen molar-refractivity contribution in [3.63, 3.8) is 0 Å². The monoisotopic (exact) mass is 331 g/mol. The minimum atomic E-state index is -3.77. The third-order valence-electron chi connectivity index (χ3n) is 2.07. The normalized spacial score (nSPS) is 11.4. The maximum atomic E-state index is 11.9. The first-order valence-corrected chi connectivity index (χ1v) is 7.22. The molecule has 2 heterocycles. The Labute approximate surface area is 112 Å². The molecule has 96 valence electrons. The van der Waals surface area contributed by atoms with Gasteiger partial charge in [-0.05, 0) is 40.2 Å². The lowest BCUT2D eigenvalue weighted by Crippen LogP contribution is -2.13. The van der Waals surface area contributed by atoms with E-state index in [1.165, 1.54) is 24.4 Å². The van der Waals surface area contributed by atoms with Crippen LogP contribution >= 0.6 is 15.9 Å². The van der Waals surface area contributed by atoms with Gasteiger partial charge in [-0.2, -0.15) is 8.42 Å². The Hall–Kier alpha value is -1.38. The highest BCUT2D eigenvalue weighted by atomic mass is 79.9. The van der Waals surface area contributed by atoms with E-state index in [0.717, 1.165) is 4.47 Å². The molecule has 6 nitrogen and oxygen atoms in total. The summed E-state index contributed by atoms with van der Waals surface area (Å²) in [7, 11) is -3.77. The lowest BCUT2D eigenvalue weighted by molar-refractivity contribution is 0.417. The number of furan rings is 1. The molecule has 3 N–H and O–H groups in total. The zero-order valence-electron chi connectivity index (χ0n) is 9.13. The molecule has 0 aliphatic heterocycles. The first-order chi connectivity index (χ1) is 8.51. The highest BCUT2D eigenvalue weighted by molar-refractivity contribution is 9.10. The second-order valence-electron chi connectivity index (χ2n) is 3.39. The third kappa shape index (κ3) is 2.89. The first kappa shape index (κ1) is 13.1. The molecule has 0 bridgehead atoms. The summed E-state index contributed by atoms with van der Waals surface area (Å²) in [6.07, 6.45) is 1.49. The predicted molar refractivity (Wildman–Crippen MR) is 69.3 cm³/mol. The highest BCUT2D eigenvalue weighted by Gasteiger charge is 2.19. The van der Waals surface area contributed by atoms with Crippen LogP contribution in [-0.2, 0) is 16.6 Å². The van der Waals surface area contributed by atoms with Crippen LogP contribution in [0.3, 0.4) is 0 Å². The number of nitrogens with zero attached hydrogens (tertiary/aromatic N) is 1. The smallest absolute Gasteiger partial charge is 0.296 e. The van der Waals surface area contributed by atoms with Crippen molar-refractivity contribution in [2.45, 2.75) is 11.6 Å². The van der Waals surface area contributed by atoms with E-state index in [9.17, 15) is 8.42 Å². The maximum Gasteiger partial charge on any atom is 0.296 e. The Morgan fingerprint density at radius 3 is 2.67 bits per heavy atom. The molecule has 0 spiro atoms. The van der Waals surface area contributed by atoms with Crippen LogP contribution in [0.25, 0.3) is 0 Å². The Morgan fingerprint density at radius 2 is 2.11 bits per heavy atom. The van der Waals surface area contributed by atoms with Gasteiger partial charge in [0.05, 0.1) is 6.54 Å². The SMILES string of the molecule is NCc1ccc(S(=O)(=O)Nc2ccc(Br)cn2)o1. The molecule has 18 heavy (non-hydrogen) atoms. The number of anilines is 1. The minimum absolute atomic E-state index is 0.145. The van der Waals surface area contributed by atoms with Crippen molar-refractivity contribution >= 4 is 31.8 Å². The Morgan fingerprint density at radius 1 is 1.33 bits per heavy atom. The van der Waals surface area contributed by atoms with E-state index in [0.29, 0.717) is 5.76 Å². The zero-order valence-corrected chi connectivity index (χ0v) is 11.5. The van der Waals surface area contributed by atoms with Gasteiger partial charge in [0.25, 0.3) is 10.0 Å². The van der Waals surface area contributed by atoms with Crippen molar-refractivity contribution in [2.75, 3.05) is 4.72 Å². The molecule has 2 aromatic heterocycles. The maximum absolute atomic E-state index is 11.9. The quantitative estimate of drug-likeness (QED) is 0.888. The standard InChI is InChI=1S/C10H10BrN3O3S/c11-7-1-3-9(13-6-7)14-18(15,16)10-4-2-8(5-12)17-10/h1-4,6H,5,12H2,(H,13,14). The third-order valence-corrected chi connectivity index (χ3v) is 3.77. The van der Waals surface area contributed by atoms with Gasteiger partial charge in [-0.1, -0.05) is 0 Å². The Kier molecular flexibility index (Phi) is 3.69. The molecule has 0 aliphatic carbocycles. The molecule has 2 rings (SSSR count). The van der Waals surface area contributed by atoms with Gasteiger partial charge in [-0.15, -0.1) is 0 Å². The Balaban J connectivity index is 2.24. The summed E-state index contributed by atoms with van der Waals surface area (Å²) in [6, 6.07) is 6.08. The number of sulfonamides is 1. The number of nitrogens with one attached hydrogen (secondary N) is 1. The molecule has 0 atom stereocenters. The second-order valence-corrected chi connectivity index (χ2v) is 5.92. The van der Waals surface area contributed by atoms with Gasteiger partial charge in [0.2, 0.25) is 5.09 Å². The topological polar surface area (TPSA) is 98.2 Å². The van der Waals surface area contributed by atoms with E-state index in [4.69, 9.17) is 10.2 Å².